The van der Waals surface area contributed by atoms with Crippen molar-refractivity contribution >= 4 is 36.5 Å². The number of sulfonamides is 2. The first-order valence-electron chi connectivity index (χ1n) is 5.70. The number of aryl methyl sites for hydroxylation is 2. The molecule has 0 saturated heterocycles. The molecule has 0 amide bonds. The Bertz CT molecular complexity index is 885. The van der Waals surface area contributed by atoms with Gasteiger partial charge in [-0.3, -0.25) is 4.72 Å². The van der Waals surface area contributed by atoms with Gasteiger partial charge in [-0.2, -0.15) is 0 Å². The summed E-state index contributed by atoms with van der Waals surface area (Å²) in [6.07, 6.45) is 0. The van der Waals surface area contributed by atoms with Crippen LogP contribution in [0.3, 0.4) is 0 Å². The molecule has 10 heteroatoms. The zero-order chi connectivity index (χ0) is 15.8. The molecule has 1 aromatic heterocycles. The second-order valence-corrected chi connectivity index (χ2v) is 8.71. The lowest BCUT2D eigenvalue weighted by atomic mass is 10.2. The maximum atomic E-state index is 12.3. The maximum Gasteiger partial charge on any atom is 0.263 e. The Morgan fingerprint density at radius 3 is 2.29 bits per heavy atom. The minimum atomic E-state index is -3.92. The van der Waals surface area contributed by atoms with Crippen molar-refractivity contribution in [1.82, 2.24) is 4.98 Å². The highest BCUT2D eigenvalue weighted by Gasteiger charge is 2.22. The standard InChI is InChI=1S/C11H13N3O4S3/c1-7-5-3-4-6-9(7)21(17,18)14-11-13-8(2)10(19-11)20(12,15)16/h3-6H,1-2H3,(H,13,14)(H2,12,15,16). The predicted molar refractivity (Wildman–Crippen MR) is 80.2 cm³/mol. The van der Waals surface area contributed by atoms with Crippen LogP contribution in [0, 0.1) is 13.8 Å². The molecular weight excluding hydrogens is 334 g/mol. The third-order valence-corrected chi connectivity index (χ3v) is 6.87. The maximum absolute atomic E-state index is 12.3. The normalized spacial score (nSPS) is 12.3. The summed E-state index contributed by atoms with van der Waals surface area (Å²) in [5, 5.41) is 4.99. The first-order chi connectivity index (χ1) is 9.61. The summed E-state index contributed by atoms with van der Waals surface area (Å²) in [6.45, 7) is 3.11. The molecule has 0 unspecified atom stereocenters. The number of primary sulfonamides is 1. The number of nitrogens with two attached hydrogens (primary N) is 1. The van der Waals surface area contributed by atoms with Crippen LogP contribution in [0.4, 0.5) is 5.13 Å². The van der Waals surface area contributed by atoms with Crippen molar-refractivity contribution in [2.75, 3.05) is 4.72 Å². The van der Waals surface area contributed by atoms with E-state index in [0.29, 0.717) is 16.9 Å². The average Bonchev–Trinajstić information content (AvgIpc) is 2.69. The summed E-state index contributed by atoms with van der Waals surface area (Å²) in [6, 6.07) is 6.45. The topological polar surface area (TPSA) is 119 Å². The van der Waals surface area contributed by atoms with Crippen LogP contribution in [0.15, 0.2) is 33.4 Å². The van der Waals surface area contributed by atoms with Gasteiger partial charge in [0.15, 0.2) is 9.34 Å². The molecule has 21 heavy (non-hydrogen) atoms. The number of rotatable bonds is 4. The van der Waals surface area contributed by atoms with Gasteiger partial charge in [0.2, 0.25) is 10.0 Å². The van der Waals surface area contributed by atoms with Crippen molar-refractivity contribution in [1.29, 1.82) is 0 Å². The van der Waals surface area contributed by atoms with Gasteiger partial charge in [0.1, 0.15) is 0 Å². The molecule has 1 heterocycles. The summed E-state index contributed by atoms with van der Waals surface area (Å²) >= 11 is 0.679. The van der Waals surface area contributed by atoms with Gasteiger partial charge in [0, 0.05) is 0 Å². The second-order valence-electron chi connectivity index (χ2n) is 4.31. The molecule has 2 rings (SSSR count). The second kappa shape index (κ2) is 5.37. The smallest absolute Gasteiger partial charge is 0.255 e. The highest BCUT2D eigenvalue weighted by atomic mass is 32.2. The number of anilines is 1. The van der Waals surface area contributed by atoms with Gasteiger partial charge in [-0.25, -0.2) is 27.0 Å². The van der Waals surface area contributed by atoms with Crippen LogP contribution in [0.25, 0.3) is 0 Å². The molecule has 0 saturated carbocycles. The van der Waals surface area contributed by atoms with E-state index in [9.17, 15) is 16.8 Å². The van der Waals surface area contributed by atoms with Crippen molar-refractivity contribution in [2.24, 2.45) is 5.14 Å². The van der Waals surface area contributed by atoms with Crippen molar-refractivity contribution in [3.05, 3.63) is 35.5 Å². The number of aromatic nitrogens is 1. The molecule has 0 aliphatic rings. The Balaban J connectivity index is 2.41. The van der Waals surface area contributed by atoms with E-state index in [4.69, 9.17) is 5.14 Å². The minimum Gasteiger partial charge on any atom is -0.255 e. The van der Waals surface area contributed by atoms with Crippen LogP contribution in [0.5, 0.6) is 0 Å². The van der Waals surface area contributed by atoms with E-state index in [1.165, 1.54) is 13.0 Å². The highest BCUT2D eigenvalue weighted by molar-refractivity contribution is 7.93. The average molecular weight is 347 g/mol. The number of nitrogens with zero attached hydrogens (tertiary/aromatic N) is 1. The summed E-state index contributed by atoms with van der Waals surface area (Å²) in [4.78, 5) is 3.99. The number of hydrogen-bond acceptors (Lipinski definition) is 6. The molecule has 0 radical (unpaired) electrons. The molecule has 3 N–H and O–H groups in total. The van der Waals surface area contributed by atoms with Crippen LogP contribution < -0.4 is 9.86 Å². The van der Waals surface area contributed by atoms with Crippen LogP contribution in [0.1, 0.15) is 11.3 Å². The minimum absolute atomic E-state index is 0.0419. The van der Waals surface area contributed by atoms with Crippen LogP contribution in [0.2, 0.25) is 0 Å². The van der Waals surface area contributed by atoms with Gasteiger partial charge in [0.25, 0.3) is 10.0 Å². The van der Waals surface area contributed by atoms with Gasteiger partial charge in [0.05, 0.1) is 10.6 Å². The Kier molecular flexibility index (Phi) is 4.06. The van der Waals surface area contributed by atoms with Gasteiger partial charge >= 0.3 is 0 Å². The van der Waals surface area contributed by atoms with Gasteiger partial charge in [-0.1, -0.05) is 29.5 Å². The van der Waals surface area contributed by atoms with E-state index in [-0.39, 0.29) is 19.9 Å². The fourth-order valence-corrected chi connectivity index (χ4v) is 5.06. The molecule has 114 valence electrons. The molecule has 0 atom stereocenters. The molecule has 0 aliphatic heterocycles. The Morgan fingerprint density at radius 1 is 1.14 bits per heavy atom. The zero-order valence-corrected chi connectivity index (χ0v) is 13.6. The SMILES string of the molecule is Cc1ccccc1S(=O)(=O)Nc1nc(C)c(S(N)(=O)=O)s1. The molecule has 7 nitrogen and oxygen atoms in total. The Hall–Kier alpha value is -1.49. The predicted octanol–water partition coefficient (Wildman–Crippen LogP) is 1.21. The lowest BCUT2D eigenvalue weighted by Gasteiger charge is -2.07. The van der Waals surface area contributed by atoms with Crippen LogP contribution in [-0.4, -0.2) is 21.8 Å². The summed E-state index contributed by atoms with van der Waals surface area (Å²) in [5.74, 6) is 0. The third kappa shape index (κ3) is 3.40. The van der Waals surface area contributed by atoms with Gasteiger partial charge < -0.3 is 0 Å². The van der Waals surface area contributed by atoms with E-state index < -0.39 is 20.0 Å². The monoisotopic (exact) mass is 347 g/mol. The van der Waals surface area contributed by atoms with E-state index >= 15 is 0 Å². The summed E-state index contributed by atoms with van der Waals surface area (Å²) in [5.41, 5.74) is 0.731. The lowest BCUT2D eigenvalue weighted by molar-refractivity contribution is 0.598. The quantitative estimate of drug-likeness (QED) is 0.861. The first kappa shape index (κ1) is 15.9. The molecule has 0 spiro atoms. The largest absolute Gasteiger partial charge is 0.263 e. The highest BCUT2D eigenvalue weighted by Crippen LogP contribution is 2.28. The molecule has 0 bridgehead atoms. The van der Waals surface area contributed by atoms with Crippen molar-refractivity contribution in [2.45, 2.75) is 23.0 Å². The van der Waals surface area contributed by atoms with Gasteiger partial charge in [-0.15, -0.1) is 0 Å². The molecule has 2 aromatic rings. The van der Waals surface area contributed by atoms with Crippen molar-refractivity contribution in [3.8, 4) is 0 Å². The summed E-state index contributed by atoms with van der Waals surface area (Å²) in [7, 11) is -7.75. The molecular formula is C11H13N3O4S3. The number of hydrogen-bond donors (Lipinski definition) is 2. The Labute approximate surface area is 126 Å². The molecule has 0 aliphatic carbocycles. The molecule has 0 fully saturated rings. The number of benzene rings is 1. The zero-order valence-electron chi connectivity index (χ0n) is 11.2. The van der Waals surface area contributed by atoms with E-state index in [1.807, 2.05) is 0 Å². The van der Waals surface area contributed by atoms with Crippen LogP contribution in [-0.2, 0) is 20.0 Å². The van der Waals surface area contributed by atoms with Gasteiger partial charge in [-0.05, 0) is 25.5 Å². The number of nitrogens with one attached hydrogen (secondary N) is 1. The third-order valence-electron chi connectivity index (χ3n) is 2.62. The first-order valence-corrected chi connectivity index (χ1v) is 9.54. The number of thiazole rings is 1. The van der Waals surface area contributed by atoms with E-state index in [0.717, 1.165) is 0 Å². The molecule has 1 aromatic carbocycles. The fourth-order valence-electron chi connectivity index (χ4n) is 1.72. The lowest BCUT2D eigenvalue weighted by Crippen LogP contribution is -2.14. The van der Waals surface area contributed by atoms with E-state index in [1.54, 1.807) is 25.1 Å². The van der Waals surface area contributed by atoms with E-state index in [2.05, 4.69) is 9.71 Å². The van der Waals surface area contributed by atoms with Crippen molar-refractivity contribution in [3.63, 3.8) is 0 Å². The summed E-state index contributed by atoms with van der Waals surface area (Å²) < 4.78 is 49.3. The fraction of sp³-hybridized carbons (Fsp3) is 0.182. The Morgan fingerprint density at radius 2 is 1.76 bits per heavy atom. The van der Waals surface area contributed by atoms with Crippen molar-refractivity contribution < 1.29 is 16.8 Å². The van der Waals surface area contributed by atoms with Crippen LogP contribution >= 0.6 is 11.3 Å².